The lowest BCUT2D eigenvalue weighted by Crippen LogP contribution is -2.14. The Morgan fingerprint density at radius 2 is 1.79 bits per heavy atom. The van der Waals surface area contributed by atoms with Crippen LogP contribution in [0.5, 0.6) is 0 Å². The van der Waals surface area contributed by atoms with Gasteiger partial charge < -0.3 is 4.57 Å². The van der Waals surface area contributed by atoms with E-state index in [4.69, 9.17) is 7.85 Å². The highest BCUT2D eigenvalue weighted by atomic mass is 19.4. The van der Waals surface area contributed by atoms with Gasteiger partial charge in [-0.25, -0.2) is 4.98 Å². The molecular formula is C13H16BF3N2. The van der Waals surface area contributed by atoms with Crippen molar-refractivity contribution >= 4 is 24.3 Å². The van der Waals surface area contributed by atoms with E-state index >= 15 is 0 Å². The van der Waals surface area contributed by atoms with Crippen LogP contribution < -0.4 is 5.46 Å². The molecule has 1 heterocycles. The first kappa shape index (κ1) is 15.6. The third-order valence-electron chi connectivity index (χ3n) is 2.55. The molecule has 0 aliphatic carbocycles. The van der Waals surface area contributed by atoms with E-state index in [1.165, 1.54) is 17.0 Å². The summed E-state index contributed by atoms with van der Waals surface area (Å²) in [4.78, 5) is 3.96. The van der Waals surface area contributed by atoms with Gasteiger partial charge in [0.05, 0.1) is 22.9 Å². The monoisotopic (exact) mass is 268 g/mol. The largest absolute Gasteiger partial charge is 0.418 e. The van der Waals surface area contributed by atoms with Crippen LogP contribution in [0.2, 0.25) is 0 Å². The summed E-state index contributed by atoms with van der Waals surface area (Å²) in [6, 6.07) is 2.30. The Morgan fingerprint density at radius 1 is 1.21 bits per heavy atom. The quantitative estimate of drug-likeness (QED) is 0.724. The normalized spacial score (nSPS) is 11.6. The highest BCUT2D eigenvalue weighted by Gasteiger charge is 2.34. The minimum atomic E-state index is -4.43. The average molecular weight is 268 g/mol. The topological polar surface area (TPSA) is 17.8 Å². The Labute approximate surface area is 112 Å². The maximum absolute atomic E-state index is 12.9. The molecule has 0 atom stereocenters. The summed E-state index contributed by atoms with van der Waals surface area (Å²) >= 11 is 0. The van der Waals surface area contributed by atoms with Crippen molar-refractivity contribution in [2.24, 2.45) is 0 Å². The summed E-state index contributed by atoms with van der Waals surface area (Å²) in [6.07, 6.45) is -3.02. The average Bonchev–Trinajstić information content (AvgIpc) is 2.72. The fraction of sp³-hybridized carbons (Fsp3) is 0.462. The van der Waals surface area contributed by atoms with Gasteiger partial charge in [-0.2, -0.15) is 13.2 Å². The molecule has 0 aliphatic rings. The molecule has 0 amide bonds. The van der Waals surface area contributed by atoms with Gasteiger partial charge in [-0.15, -0.1) is 0 Å². The van der Waals surface area contributed by atoms with Gasteiger partial charge in [-0.3, -0.25) is 0 Å². The number of benzene rings is 1. The molecule has 2 aromatic rings. The Bertz CT molecular complexity index is 559. The van der Waals surface area contributed by atoms with Crippen LogP contribution in [0.1, 0.15) is 39.3 Å². The zero-order valence-corrected chi connectivity index (χ0v) is 11.4. The Hall–Kier alpha value is -1.46. The van der Waals surface area contributed by atoms with Crippen LogP contribution in [0.15, 0.2) is 18.5 Å². The van der Waals surface area contributed by atoms with Crippen LogP contribution in [0.4, 0.5) is 13.2 Å². The Balaban J connectivity index is 0.000000861. The van der Waals surface area contributed by atoms with E-state index in [1.54, 1.807) is 13.8 Å². The fourth-order valence-electron chi connectivity index (χ4n) is 1.80. The molecule has 0 saturated heterocycles. The number of alkyl halides is 3. The molecule has 0 spiro atoms. The first-order valence-electron chi connectivity index (χ1n) is 6.14. The Kier molecular flexibility index (Phi) is 4.66. The summed E-state index contributed by atoms with van der Waals surface area (Å²) in [5, 5.41) is 0. The smallest absolute Gasteiger partial charge is 0.328 e. The van der Waals surface area contributed by atoms with Crippen molar-refractivity contribution in [2.45, 2.75) is 39.9 Å². The number of rotatable bonds is 1. The predicted octanol–water partition coefficient (Wildman–Crippen LogP) is 3.46. The van der Waals surface area contributed by atoms with E-state index in [1.807, 2.05) is 13.8 Å². The molecule has 0 unspecified atom stereocenters. The van der Waals surface area contributed by atoms with Crippen molar-refractivity contribution in [1.29, 1.82) is 0 Å². The van der Waals surface area contributed by atoms with Crippen LogP contribution in [0.3, 0.4) is 0 Å². The molecule has 2 radical (unpaired) electrons. The number of fused-ring (bicyclic) bond motifs is 1. The minimum Gasteiger partial charge on any atom is -0.328 e. The van der Waals surface area contributed by atoms with Crippen molar-refractivity contribution in [3.05, 3.63) is 24.0 Å². The Morgan fingerprint density at radius 3 is 2.26 bits per heavy atom. The van der Waals surface area contributed by atoms with Crippen LogP contribution >= 0.6 is 0 Å². The number of nitrogens with zero attached hydrogens (tertiary/aromatic N) is 2. The third kappa shape index (κ3) is 3.11. The van der Waals surface area contributed by atoms with Gasteiger partial charge in [-0.1, -0.05) is 25.4 Å². The zero-order valence-electron chi connectivity index (χ0n) is 11.4. The number of imidazole rings is 1. The molecule has 1 aromatic heterocycles. The molecule has 0 aliphatic heterocycles. The van der Waals surface area contributed by atoms with Crippen LogP contribution in [-0.2, 0) is 6.18 Å². The van der Waals surface area contributed by atoms with Gasteiger partial charge >= 0.3 is 6.18 Å². The van der Waals surface area contributed by atoms with Crippen molar-refractivity contribution in [1.82, 2.24) is 9.55 Å². The maximum atomic E-state index is 12.9. The van der Waals surface area contributed by atoms with Gasteiger partial charge in [0.1, 0.15) is 7.85 Å². The lowest BCUT2D eigenvalue weighted by molar-refractivity contribution is -0.136. The number of hydrogen-bond acceptors (Lipinski definition) is 1. The van der Waals surface area contributed by atoms with Gasteiger partial charge in [0.2, 0.25) is 0 Å². The second-order valence-corrected chi connectivity index (χ2v) is 4.18. The molecule has 0 bridgehead atoms. The minimum absolute atomic E-state index is 0.0684. The van der Waals surface area contributed by atoms with Gasteiger partial charge in [-0.05, 0) is 19.9 Å². The van der Waals surface area contributed by atoms with Crippen LogP contribution in [0.25, 0.3) is 11.0 Å². The summed E-state index contributed by atoms with van der Waals surface area (Å²) in [5.74, 6) is 0. The molecule has 0 saturated carbocycles. The zero-order chi connectivity index (χ0) is 14.8. The first-order valence-corrected chi connectivity index (χ1v) is 6.14. The van der Waals surface area contributed by atoms with E-state index in [0.29, 0.717) is 0 Å². The van der Waals surface area contributed by atoms with Crippen LogP contribution in [-0.4, -0.2) is 17.4 Å². The van der Waals surface area contributed by atoms with E-state index in [2.05, 4.69) is 4.98 Å². The van der Waals surface area contributed by atoms with Crippen molar-refractivity contribution in [3.8, 4) is 0 Å². The highest BCUT2D eigenvalue weighted by molar-refractivity contribution is 6.33. The maximum Gasteiger partial charge on any atom is 0.418 e. The molecule has 102 valence electrons. The van der Waals surface area contributed by atoms with Crippen molar-refractivity contribution in [2.75, 3.05) is 0 Å². The summed E-state index contributed by atoms with van der Waals surface area (Å²) < 4.78 is 40.3. The first-order chi connectivity index (χ1) is 8.80. The fourth-order valence-corrected chi connectivity index (χ4v) is 1.80. The second kappa shape index (κ2) is 5.67. The van der Waals surface area contributed by atoms with Crippen LogP contribution in [0, 0.1) is 0 Å². The molecule has 19 heavy (non-hydrogen) atoms. The van der Waals surface area contributed by atoms with Gasteiger partial charge in [0.15, 0.2) is 0 Å². The number of hydrogen-bond donors (Lipinski definition) is 0. The second-order valence-electron chi connectivity index (χ2n) is 4.18. The SMILES string of the molecule is CC.[B]c1cc(C(F)(F)F)c2c(c1)ncn2C(C)C. The van der Waals surface area contributed by atoms with E-state index in [-0.39, 0.29) is 22.5 Å². The standard InChI is InChI=1S/C11H10BF3N2.C2H6/c1-6(2)17-5-16-9-4-7(12)3-8(10(9)17)11(13,14)15;1-2/h3-6H,1-2H3;1-2H3. The number of halogens is 3. The molecule has 1 aromatic carbocycles. The third-order valence-corrected chi connectivity index (χ3v) is 2.55. The predicted molar refractivity (Wildman–Crippen MR) is 71.9 cm³/mol. The molecule has 2 rings (SSSR count). The summed E-state index contributed by atoms with van der Waals surface area (Å²) in [5.41, 5.74) is -0.315. The lowest BCUT2D eigenvalue weighted by atomic mass is 9.93. The van der Waals surface area contributed by atoms with E-state index in [0.717, 1.165) is 6.07 Å². The van der Waals surface area contributed by atoms with Gasteiger partial charge in [0.25, 0.3) is 0 Å². The molecule has 0 N–H and O–H groups in total. The van der Waals surface area contributed by atoms with Gasteiger partial charge in [0, 0.05) is 6.04 Å². The molecule has 6 heteroatoms. The highest BCUT2D eigenvalue weighted by Crippen LogP contribution is 2.34. The summed E-state index contributed by atoms with van der Waals surface area (Å²) in [7, 11) is 5.46. The van der Waals surface area contributed by atoms with Crippen molar-refractivity contribution in [3.63, 3.8) is 0 Å². The van der Waals surface area contributed by atoms with Crippen molar-refractivity contribution < 1.29 is 13.2 Å². The lowest BCUT2D eigenvalue weighted by Gasteiger charge is -2.14. The van der Waals surface area contributed by atoms with E-state index < -0.39 is 11.7 Å². The molecule has 2 nitrogen and oxygen atoms in total. The summed E-state index contributed by atoms with van der Waals surface area (Å²) in [6.45, 7) is 7.61. The number of aromatic nitrogens is 2. The van der Waals surface area contributed by atoms with E-state index in [9.17, 15) is 13.2 Å². The molecule has 0 fully saturated rings. The molecular weight excluding hydrogens is 252 g/mol.